The SMILES string of the molecule is Nc1nnc(SCC2Cc3ccccc3S2)s1. The van der Waals surface area contributed by atoms with Gasteiger partial charge in [-0.25, -0.2) is 0 Å². The number of fused-ring (bicyclic) bond motifs is 1. The summed E-state index contributed by atoms with van der Waals surface area (Å²) in [6.45, 7) is 0. The molecule has 1 aromatic heterocycles. The molecule has 0 fully saturated rings. The summed E-state index contributed by atoms with van der Waals surface area (Å²) < 4.78 is 0.971. The lowest BCUT2D eigenvalue weighted by Crippen LogP contribution is -2.03. The molecule has 0 aliphatic carbocycles. The van der Waals surface area contributed by atoms with Gasteiger partial charge < -0.3 is 5.73 Å². The molecule has 88 valence electrons. The second-order valence-corrected chi connectivity index (χ2v) is 7.39. The molecule has 17 heavy (non-hydrogen) atoms. The minimum atomic E-state index is 0.551. The van der Waals surface area contributed by atoms with Crippen molar-refractivity contribution in [3.8, 4) is 0 Å². The van der Waals surface area contributed by atoms with Gasteiger partial charge in [0.15, 0.2) is 4.34 Å². The third-order valence-electron chi connectivity index (χ3n) is 2.53. The number of rotatable bonds is 3. The van der Waals surface area contributed by atoms with E-state index in [1.54, 1.807) is 11.8 Å². The van der Waals surface area contributed by atoms with E-state index in [1.807, 2.05) is 11.8 Å². The number of hydrogen-bond donors (Lipinski definition) is 1. The lowest BCUT2D eigenvalue weighted by Gasteiger charge is -2.04. The fraction of sp³-hybridized carbons (Fsp3) is 0.273. The minimum Gasteiger partial charge on any atom is -0.374 e. The number of anilines is 1. The van der Waals surface area contributed by atoms with Crippen molar-refractivity contribution in [1.82, 2.24) is 10.2 Å². The molecular weight excluding hydrogens is 270 g/mol. The Kier molecular flexibility index (Phi) is 3.26. The van der Waals surface area contributed by atoms with Crippen LogP contribution in [0.2, 0.25) is 0 Å². The van der Waals surface area contributed by atoms with Gasteiger partial charge in [-0.1, -0.05) is 41.3 Å². The number of nitrogens with two attached hydrogens (primary N) is 1. The molecule has 6 heteroatoms. The molecule has 0 saturated carbocycles. The van der Waals surface area contributed by atoms with Crippen LogP contribution >= 0.6 is 34.9 Å². The summed E-state index contributed by atoms with van der Waals surface area (Å²) in [5, 5.41) is 9.04. The van der Waals surface area contributed by atoms with E-state index in [9.17, 15) is 0 Å². The largest absolute Gasteiger partial charge is 0.374 e. The molecule has 1 atom stereocenters. The van der Waals surface area contributed by atoms with Gasteiger partial charge in [0.25, 0.3) is 0 Å². The Morgan fingerprint density at radius 1 is 1.35 bits per heavy atom. The fourth-order valence-electron chi connectivity index (χ4n) is 1.79. The summed E-state index contributed by atoms with van der Waals surface area (Å²) in [5.41, 5.74) is 7.03. The highest BCUT2D eigenvalue weighted by Crippen LogP contribution is 2.39. The molecule has 0 saturated heterocycles. The molecule has 2 aromatic rings. The van der Waals surface area contributed by atoms with Crippen molar-refractivity contribution in [1.29, 1.82) is 0 Å². The highest BCUT2D eigenvalue weighted by atomic mass is 32.2. The van der Waals surface area contributed by atoms with Crippen LogP contribution in [0.5, 0.6) is 0 Å². The van der Waals surface area contributed by atoms with E-state index in [-0.39, 0.29) is 0 Å². The smallest absolute Gasteiger partial charge is 0.203 e. The van der Waals surface area contributed by atoms with E-state index in [2.05, 4.69) is 34.5 Å². The van der Waals surface area contributed by atoms with E-state index >= 15 is 0 Å². The lowest BCUT2D eigenvalue weighted by atomic mass is 10.1. The third-order valence-corrected chi connectivity index (χ3v) is 6.11. The van der Waals surface area contributed by atoms with Crippen LogP contribution < -0.4 is 5.73 Å². The van der Waals surface area contributed by atoms with Crippen LogP contribution in [-0.2, 0) is 6.42 Å². The second kappa shape index (κ2) is 4.88. The van der Waals surface area contributed by atoms with Gasteiger partial charge in [0, 0.05) is 15.9 Å². The number of benzene rings is 1. The summed E-state index contributed by atoms with van der Waals surface area (Å²) in [6, 6.07) is 8.64. The molecule has 0 bridgehead atoms. The zero-order valence-corrected chi connectivity index (χ0v) is 11.4. The van der Waals surface area contributed by atoms with Crippen LogP contribution in [0.1, 0.15) is 5.56 Å². The summed E-state index contributed by atoms with van der Waals surface area (Å²) in [5.74, 6) is 1.06. The molecule has 1 aliphatic heterocycles. The average Bonchev–Trinajstić information content (AvgIpc) is 2.91. The topological polar surface area (TPSA) is 51.8 Å². The van der Waals surface area contributed by atoms with Crippen molar-refractivity contribution >= 4 is 40.0 Å². The Hall–Kier alpha value is -0.720. The maximum absolute atomic E-state index is 5.56. The second-order valence-electron chi connectivity index (χ2n) is 3.77. The molecule has 1 unspecified atom stereocenters. The monoisotopic (exact) mass is 281 g/mol. The van der Waals surface area contributed by atoms with Crippen LogP contribution in [0, 0.1) is 0 Å². The molecular formula is C11H11N3S3. The van der Waals surface area contributed by atoms with Gasteiger partial charge >= 0.3 is 0 Å². The molecule has 2 heterocycles. The van der Waals surface area contributed by atoms with E-state index in [4.69, 9.17) is 5.73 Å². The number of thioether (sulfide) groups is 2. The molecule has 2 N–H and O–H groups in total. The molecule has 1 aromatic carbocycles. The molecule has 1 aliphatic rings. The van der Waals surface area contributed by atoms with Crippen molar-refractivity contribution in [2.75, 3.05) is 11.5 Å². The van der Waals surface area contributed by atoms with Gasteiger partial charge in [0.1, 0.15) is 0 Å². The Morgan fingerprint density at radius 2 is 2.24 bits per heavy atom. The van der Waals surface area contributed by atoms with Gasteiger partial charge in [-0.2, -0.15) is 0 Å². The molecule has 0 spiro atoms. The maximum atomic E-state index is 5.56. The number of nitrogens with zero attached hydrogens (tertiary/aromatic N) is 2. The first-order valence-corrected chi connectivity index (χ1v) is 7.96. The molecule has 3 rings (SSSR count). The van der Waals surface area contributed by atoms with Crippen LogP contribution in [0.4, 0.5) is 5.13 Å². The van der Waals surface area contributed by atoms with Crippen LogP contribution in [0.15, 0.2) is 33.5 Å². The summed E-state index contributed by atoms with van der Waals surface area (Å²) in [4.78, 5) is 1.43. The fourth-order valence-corrected chi connectivity index (χ4v) is 4.93. The number of aromatic nitrogens is 2. The van der Waals surface area contributed by atoms with E-state index in [0.717, 1.165) is 16.5 Å². The van der Waals surface area contributed by atoms with Crippen LogP contribution in [0.3, 0.4) is 0 Å². The van der Waals surface area contributed by atoms with Gasteiger partial charge in [-0.05, 0) is 18.1 Å². The zero-order valence-electron chi connectivity index (χ0n) is 9.00. The standard InChI is InChI=1S/C11H11N3S3/c12-10-13-14-11(17-10)15-6-8-5-7-3-1-2-4-9(7)16-8/h1-4,8H,5-6H2,(H2,12,13). The van der Waals surface area contributed by atoms with Crippen LogP contribution in [-0.4, -0.2) is 21.2 Å². The molecule has 0 amide bonds. The van der Waals surface area contributed by atoms with Crippen molar-refractivity contribution in [3.63, 3.8) is 0 Å². The summed E-state index contributed by atoms with van der Waals surface area (Å²) in [6.07, 6.45) is 1.15. The Bertz CT molecular complexity index is 501. The number of hydrogen-bond acceptors (Lipinski definition) is 6. The molecule has 3 nitrogen and oxygen atoms in total. The Balaban J connectivity index is 1.59. The predicted molar refractivity (Wildman–Crippen MR) is 74.8 cm³/mol. The van der Waals surface area contributed by atoms with E-state index in [1.165, 1.54) is 21.8 Å². The van der Waals surface area contributed by atoms with Gasteiger partial charge in [0.05, 0.1) is 0 Å². The van der Waals surface area contributed by atoms with Crippen molar-refractivity contribution in [2.45, 2.75) is 20.9 Å². The highest BCUT2D eigenvalue weighted by molar-refractivity contribution is 8.04. The minimum absolute atomic E-state index is 0.551. The van der Waals surface area contributed by atoms with Crippen LogP contribution in [0.25, 0.3) is 0 Å². The first-order chi connectivity index (χ1) is 8.31. The van der Waals surface area contributed by atoms with Gasteiger partial charge in [-0.3, -0.25) is 0 Å². The quantitative estimate of drug-likeness (QED) is 0.877. The summed E-state index contributed by atoms with van der Waals surface area (Å²) in [7, 11) is 0. The Labute approximate surface area is 112 Å². The number of nitrogen functional groups attached to an aromatic ring is 1. The van der Waals surface area contributed by atoms with E-state index in [0.29, 0.717) is 10.4 Å². The first-order valence-electron chi connectivity index (χ1n) is 5.27. The first kappa shape index (κ1) is 11.4. The Morgan fingerprint density at radius 3 is 3.00 bits per heavy atom. The normalized spacial score (nSPS) is 18.2. The predicted octanol–water partition coefficient (Wildman–Crippen LogP) is 2.93. The summed E-state index contributed by atoms with van der Waals surface area (Å²) >= 11 is 5.18. The van der Waals surface area contributed by atoms with Gasteiger partial charge in [0.2, 0.25) is 5.13 Å². The van der Waals surface area contributed by atoms with Crippen molar-refractivity contribution in [3.05, 3.63) is 29.8 Å². The molecule has 0 radical (unpaired) electrons. The van der Waals surface area contributed by atoms with Crippen molar-refractivity contribution < 1.29 is 0 Å². The van der Waals surface area contributed by atoms with Gasteiger partial charge in [-0.15, -0.1) is 22.0 Å². The lowest BCUT2D eigenvalue weighted by molar-refractivity contribution is 0.964. The third kappa shape index (κ3) is 2.59. The average molecular weight is 281 g/mol. The van der Waals surface area contributed by atoms with E-state index < -0.39 is 0 Å². The van der Waals surface area contributed by atoms with Crippen molar-refractivity contribution in [2.24, 2.45) is 0 Å². The zero-order chi connectivity index (χ0) is 11.7. The highest BCUT2D eigenvalue weighted by Gasteiger charge is 2.22. The maximum Gasteiger partial charge on any atom is 0.203 e.